The fraction of sp³-hybridized carbons (Fsp3) is 0.250. The summed E-state index contributed by atoms with van der Waals surface area (Å²) in [6.07, 6.45) is 0.929. The van der Waals surface area contributed by atoms with Gasteiger partial charge in [0.05, 0.1) is 18.9 Å². The smallest absolute Gasteiger partial charge is 0.307 e. The fourth-order valence-corrected chi connectivity index (χ4v) is 3.85. The Kier molecular flexibility index (Phi) is 7.91. The first-order chi connectivity index (χ1) is 17.5. The predicted octanol–water partition coefficient (Wildman–Crippen LogP) is 5.97. The predicted molar refractivity (Wildman–Crippen MR) is 132 cm³/mol. The highest BCUT2D eigenvalue weighted by molar-refractivity contribution is 5.71. The molecule has 4 aromatic rings. The maximum Gasteiger partial charge on any atom is 0.307 e. The number of alkyl halides is 2. The maximum absolute atomic E-state index is 12.9. The second-order valence-corrected chi connectivity index (χ2v) is 8.02. The van der Waals surface area contributed by atoms with E-state index in [9.17, 15) is 13.6 Å². The van der Waals surface area contributed by atoms with Crippen molar-refractivity contribution in [1.29, 1.82) is 0 Å². The number of aromatic nitrogens is 3. The Balaban J connectivity index is 1.51. The van der Waals surface area contributed by atoms with Gasteiger partial charge >= 0.3 is 5.97 Å². The summed E-state index contributed by atoms with van der Waals surface area (Å²) >= 11 is 0. The summed E-state index contributed by atoms with van der Waals surface area (Å²) in [5, 5.41) is 4.23. The van der Waals surface area contributed by atoms with Crippen LogP contribution in [0.5, 0.6) is 5.75 Å². The van der Waals surface area contributed by atoms with Crippen molar-refractivity contribution in [3.05, 3.63) is 83.8 Å². The molecule has 1 unspecified atom stereocenters. The molecule has 0 fully saturated rings. The minimum atomic E-state index is -2.51. The zero-order chi connectivity index (χ0) is 25.5. The topological polar surface area (TPSA) is 65.7 Å². The Morgan fingerprint density at radius 3 is 2.44 bits per heavy atom. The fourth-order valence-electron chi connectivity index (χ4n) is 3.85. The molecule has 1 atom stereocenters. The summed E-state index contributed by atoms with van der Waals surface area (Å²) in [6.45, 7) is 4.07. The highest BCUT2D eigenvalue weighted by atomic mass is 19.3. The number of ether oxygens (including phenoxy) is 2. The molecule has 2 aromatic carbocycles. The first kappa shape index (κ1) is 24.9. The third kappa shape index (κ3) is 5.87. The van der Waals surface area contributed by atoms with E-state index in [1.54, 1.807) is 36.7 Å². The average Bonchev–Trinajstić information content (AvgIpc) is 3.36. The normalized spacial score (nSPS) is 11.7. The molecule has 0 aliphatic rings. The maximum atomic E-state index is 12.9. The molecule has 4 rings (SSSR count). The number of hydrogen-bond donors (Lipinski definition) is 0. The molecular formula is C28H25F2N3O3. The molecule has 8 heteroatoms. The molecule has 184 valence electrons. The van der Waals surface area contributed by atoms with Crippen LogP contribution < -0.4 is 4.74 Å². The Bertz CT molecular complexity index is 1390. The van der Waals surface area contributed by atoms with E-state index in [1.807, 2.05) is 30.3 Å². The summed E-state index contributed by atoms with van der Waals surface area (Å²) in [7, 11) is 0. The van der Waals surface area contributed by atoms with E-state index in [0.29, 0.717) is 18.0 Å². The van der Waals surface area contributed by atoms with Gasteiger partial charge in [0.1, 0.15) is 18.7 Å². The van der Waals surface area contributed by atoms with Gasteiger partial charge in [0.15, 0.2) is 5.65 Å². The number of nitrogens with zero attached hydrogens (tertiary/aromatic N) is 3. The van der Waals surface area contributed by atoms with Gasteiger partial charge in [-0.3, -0.25) is 4.79 Å². The van der Waals surface area contributed by atoms with E-state index in [0.717, 1.165) is 22.3 Å². The Labute approximate surface area is 207 Å². The second kappa shape index (κ2) is 11.5. The Morgan fingerprint density at radius 2 is 1.78 bits per heavy atom. The first-order valence-corrected chi connectivity index (χ1v) is 11.5. The minimum absolute atomic E-state index is 0.0259. The molecule has 0 aliphatic carbocycles. The van der Waals surface area contributed by atoms with Crippen LogP contribution in [0.15, 0.2) is 67.1 Å². The van der Waals surface area contributed by atoms with Crippen LogP contribution in [0.1, 0.15) is 49.3 Å². The minimum Gasteiger partial charge on any atom is -0.489 e. The SMILES string of the molecule is CC#CC(CC(=O)OCC)c1ccc(OCc2cc(-c3ccc(C(F)F)cc3)cn3ncnc23)cc1. The van der Waals surface area contributed by atoms with Crippen molar-refractivity contribution < 1.29 is 23.0 Å². The van der Waals surface area contributed by atoms with Crippen molar-refractivity contribution >= 4 is 11.6 Å². The van der Waals surface area contributed by atoms with Gasteiger partial charge in [0, 0.05) is 22.9 Å². The van der Waals surface area contributed by atoms with Gasteiger partial charge in [-0.25, -0.2) is 18.3 Å². The van der Waals surface area contributed by atoms with Gasteiger partial charge in [-0.05, 0) is 43.2 Å². The number of rotatable bonds is 9. The molecule has 0 N–H and O–H groups in total. The molecule has 0 spiro atoms. The van der Waals surface area contributed by atoms with E-state index in [1.165, 1.54) is 18.5 Å². The lowest BCUT2D eigenvalue weighted by Crippen LogP contribution is -2.09. The van der Waals surface area contributed by atoms with Crippen LogP contribution in [-0.4, -0.2) is 27.2 Å². The molecule has 0 aliphatic heterocycles. The van der Waals surface area contributed by atoms with Crippen LogP contribution in [0, 0.1) is 11.8 Å². The number of halogens is 2. The summed E-state index contributed by atoms with van der Waals surface area (Å²) in [5.41, 5.74) is 3.91. The first-order valence-electron chi connectivity index (χ1n) is 11.5. The van der Waals surface area contributed by atoms with Crippen LogP contribution in [0.2, 0.25) is 0 Å². The van der Waals surface area contributed by atoms with Gasteiger partial charge in [0.25, 0.3) is 6.43 Å². The lowest BCUT2D eigenvalue weighted by atomic mass is 9.96. The van der Waals surface area contributed by atoms with Gasteiger partial charge in [-0.2, -0.15) is 5.10 Å². The average molecular weight is 490 g/mol. The van der Waals surface area contributed by atoms with Crippen LogP contribution in [0.3, 0.4) is 0 Å². The quantitative estimate of drug-likeness (QED) is 0.214. The summed E-state index contributed by atoms with van der Waals surface area (Å²) < 4.78 is 38.6. The summed E-state index contributed by atoms with van der Waals surface area (Å²) in [6, 6.07) is 15.5. The zero-order valence-corrected chi connectivity index (χ0v) is 19.9. The monoisotopic (exact) mass is 489 g/mol. The highest BCUT2D eigenvalue weighted by Crippen LogP contribution is 2.27. The Morgan fingerprint density at radius 1 is 1.06 bits per heavy atom. The van der Waals surface area contributed by atoms with Crippen LogP contribution >= 0.6 is 0 Å². The molecule has 0 radical (unpaired) electrons. The Hall–Kier alpha value is -4.25. The van der Waals surface area contributed by atoms with Crippen molar-refractivity contribution in [3.8, 4) is 28.7 Å². The van der Waals surface area contributed by atoms with Crippen molar-refractivity contribution in [1.82, 2.24) is 14.6 Å². The van der Waals surface area contributed by atoms with Crippen molar-refractivity contribution in [2.75, 3.05) is 6.61 Å². The van der Waals surface area contributed by atoms with Crippen LogP contribution in [0.4, 0.5) is 8.78 Å². The van der Waals surface area contributed by atoms with Crippen LogP contribution in [0.25, 0.3) is 16.8 Å². The van der Waals surface area contributed by atoms with Gasteiger partial charge in [-0.1, -0.05) is 42.3 Å². The lowest BCUT2D eigenvalue weighted by Gasteiger charge is -2.13. The van der Waals surface area contributed by atoms with Gasteiger partial charge < -0.3 is 9.47 Å². The standard InChI is InChI=1S/C28H25F2N3O3/c1-3-5-22(15-26(34)35-4-2)19-10-12-25(13-11-19)36-17-24-14-23(16-33-28(24)31-18-32-33)20-6-8-21(9-7-20)27(29)30/h6-14,16,18,22,27H,4,15,17H2,1-2H3. The van der Waals surface area contributed by atoms with E-state index >= 15 is 0 Å². The number of benzene rings is 2. The van der Waals surface area contributed by atoms with E-state index in [4.69, 9.17) is 9.47 Å². The van der Waals surface area contributed by atoms with Crippen LogP contribution in [-0.2, 0) is 16.1 Å². The molecule has 0 saturated heterocycles. The van der Waals surface area contributed by atoms with Crippen molar-refractivity contribution in [3.63, 3.8) is 0 Å². The molecule has 2 heterocycles. The molecule has 0 amide bonds. The highest BCUT2D eigenvalue weighted by Gasteiger charge is 2.15. The largest absolute Gasteiger partial charge is 0.489 e. The van der Waals surface area contributed by atoms with E-state index < -0.39 is 6.43 Å². The zero-order valence-electron chi connectivity index (χ0n) is 19.9. The number of fused-ring (bicyclic) bond motifs is 1. The molecule has 0 bridgehead atoms. The van der Waals surface area contributed by atoms with Gasteiger partial charge in [0.2, 0.25) is 0 Å². The molecule has 0 saturated carbocycles. The molecule has 6 nitrogen and oxygen atoms in total. The number of carbonyl (C=O) groups is 1. The second-order valence-electron chi connectivity index (χ2n) is 8.02. The number of pyridine rings is 1. The van der Waals surface area contributed by atoms with E-state index in [2.05, 4.69) is 21.9 Å². The number of carbonyl (C=O) groups excluding carboxylic acids is 1. The van der Waals surface area contributed by atoms with Gasteiger partial charge in [-0.15, -0.1) is 5.92 Å². The number of esters is 1. The summed E-state index contributed by atoms with van der Waals surface area (Å²) in [5.74, 6) is 6.04. The third-order valence-corrected chi connectivity index (χ3v) is 5.62. The van der Waals surface area contributed by atoms with E-state index in [-0.39, 0.29) is 30.5 Å². The lowest BCUT2D eigenvalue weighted by molar-refractivity contribution is -0.143. The summed E-state index contributed by atoms with van der Waals surface area (Å²) in [4.78, 5) is 16.2. The number of hydrogen-bond acceptors (Lipinski definition) is 5. The molecule has 36 heavy (non-hydrogen) atoms. The molecular weight excluding hydrogens is 464 g/mol. The molecule has 2 aromatic heterocycles. The van der Waals surface area contributed by atoms with Crippen molar-refractivity contribution in [2.24, 2.45) is 0 Å². The van der Waals surface area contributed by atoms with Crippen molar-refractivity contribution in [2.45, 2.75) is 39.2 Å². The third-order valence-electron chi connectivity index (χ3n) is 5.62.